The summed E-state index contributed by atoms with van der Waals surface area (Å²) in [5.74, 6) is -2.22. The van der Waals surface area contributed by atoms with E-state index in [9.17, 15) is 26.4 Å². The second-order valence-electron chi connectivity index (χ2n) is 4.34. The zero-order valence-corrected chi connectivity index (χ0v) is 11.6. The molecule has 21 heavy (non-hydrogen) atoms. The SMILES string of the molecule is O=C(O)C(NS(=O)(=O)CCCC(F)(F)F)c1ccccc1. The van der Waals surface area contributed by atoms with Gasteiger partial charge in [-0.3, -0.25) is 4.79 Å². The number of aliphatic carboxylic acids is 1. The molecule has 0 spiro atoms. The number of carbonyl (C=O) groups is 1. The molecule has 0 aliphatic carbocycles. The molecule has 2 N–H and O–H groups in total. The quantitative estimate of drug-likeness (QED) is 0.804. The van der Waals surface area contributed by atoms with E-state index in [1.807, 2.05) is 4.72 Å². The van der Waals surface area contributed by atoms with Crippen molar-refractivity contribution in [3.05, 3.63) is 35.9 Å². The number of alkyl halides is 3. The number of carboxylic acid groups (broad SMARTS) is 1. The Morgan fingerprint density at radius 1 is 1.24 bits per heavy atom. The van der Waals surface area contributed by atoms with Gasteiger partial charge in [0.15, 0.2) is 0 Å². The highest BCUT2D eigenvalue weighted by Crippen LogP contribution is 2.22. The van der Waals surface area contributed by atoms with Crippen LogP contribution in [0.15, 0.2) is 30.3 Å². The molecule has 1 rings (SSSR count). The van der Waals surface area contributed by atoms with E-state index < -0.39 is 46.8 Å². The molecule has 0 bridgehead atoms. The number of nitrogens with one attached hydrogen (secondary N) is 1. The average molecular weight is 325 g/mol. The zero-order valence-electron chi connectivity index (χ0n) is 10.8. The van der Waals surface area contributed by atoms with E-state index in [1.54, 1.807) is 6.07 Å². The molecule has 0 amide bonds. The lowest BCUT2D eigenvalue weighted by Gasteiger charge is -2.15. The standard InChI is InChI=1S/C12H14F3NO4S/c13-12(14,15)7-4-8-21(19,20)16-10(11(17)18)9-5-2-1-3-6-9/h1-3,5-6,10,16H,4,7-8H2,(H,17,18). The van der Waals surface area contributed by atoms with Gasteiger partial charge >= 0.3 is 12.1 Å². The van der Waals surface area contributed by atoms with Crippen LogP contribution in [-0.4, -0.2) is 31.4 Å². The second kappa shape index (κ2) is 6.90. The topological polar surface area (TPSA) is 83.5 Å². The third-order valence-electron chi connectivity index (χ3n) is 2.55. The van der Waals surface area contributed by atoms with Crippen LogP contribution in [0, 0.1) is 0 Å². The van der Waals surface area contributed by atoms with E-state index >= 15 is 0 Å². The van der Waals surface area contributed by atoms with E-state index in [2.05, 4.69) is 0 Å². The summed E-state index contributed by atoms with van der Waals surface area (Å²) in [5, 5.41) is 9.04. The average Bonchev–Trinajstić information content (AvgIpc) is 2.35. The van der Waals surface area contributed by atoms with E-state index in [0.29, 0.717) is 0 Å². The Labute approximate surface area is 119 Å². The smallest absolute Gasteiger partial charge is 0.389 e. The highest BCUT2D eigenvalue weighted by Gasteiger charge is 2.29. The van der Waals surface area contributed by atoms with E-state index in [0.717, 1.165) is 0 Å². The van der Waals surface area contributed by atoms with E-state index in [-0.39, 0.29) is 5.56 Å². The maximum Gasteiger partial charge on any atom is 0.389 e. The Hall–Kier alpha value is -1.61. The number of rotatable bonds is 7. The first-order chi connectivity index (χ1) is 9.61. The third-order valence-corrected chi connectivity index (χ3v) is 3.97. The normalized spacial score (nSPS) is 13.9. The Balaban J connectivity index is 2.73. The van der Waals surface area contributed by atoms with Crippen LogP contribution in [-0.2, 0) is 14.8 Å². The summed E-state index contributed by atoms with van der Waals surface area (Å²) in [7, 11) is -4.13. The number of carboxylic acids is 1. The lowest BCUT2D eigenvalue weighted by Crippen LogP contribution is -2.35. The summed E-state index contributed by atoms with van der Waals surface area (Å²) in [6.45, 7) is 0. The molecule has 118 valence electrons. The van der Waals surface area contributed by atoms with Gasteiger partial charge < -0.3 is 5.11 Å². The summed E-state index contributed by atoms with van der Waals surface area (Å²) in [4.78, 5) is 11.1. The molecule has 0 aliphatic heterocycles. The van der Waals surface area contributed by atoms with Gasteiger partial charge in [0.05, 0.1) is 5.75 Å². The van der Waals surface area contributed by atoms with Crippen molar-refractivity contribution in [2.24, 2.45) is 0 Å². The van der Waals surface area contributed by atoms with Gasteiger partial charge in [-0.2, -0.15) is 17.9 Å². The summed E-state index contributed by atoms with van der Waals surface area (Å²) in [5.41, 5.74) is 0.199. The molecule has 1 aromatic carbocycles. The van der Waals surface area contributed by atoms with Gasteiger partial charge in [0.25, 0.3) is 0 Å². The third kappa shape index (κ3) is 6.58. The Morgan fingerprint density at radius 2 is 1.81 bits per heavy atom. The number of sulfonamides is 1. The molecule has 5 nitrogen and oxygen atoms in total. The van der Waals surface area contributed by atoms with Crippen LogP contribution in [0.25, 0.3) is 0 Å². The molecule has 0 saturated heterocycles. The van der Waals surface area contributed by atoms with Gasteiger partial charge in [0.2, 0.25) is 10.0 Å². The van der Waals surface area contributed by atoms with Crippen LogP contribution in [0.2, 0.25) is 0 Å². The van der Waals surface area contributed by atoms with E-state index in [1.165, 1.54) is 24.3 Å². The van der Waals surface area contributed by atoms with Crippen molar-refractivity contribution >= 4 is 16.0 Å². The summed E-state index contributed by atoms with van der Waals surface area (Å²) >= 11 is 0. The molecule has 1 atom stereocenters. The maximum atomic E-state index is 12.0. The molecule has 1 aromatic rings. The largest absolute Gasteiger partial charge is 0.480 e. The molecule has 0 aromatic heterocycles. The lowest BCUT2D eigenvalue weighted by atomic mass is 10.1. The Bertz CT molecular complexity index is 572. The first kappa shape index (κ1) is 17.4. The minimum atomic E-state index is -4.44. The minimum Gasteiger partial charge on any atom is -0.480 e. The highest BCUT2D eigenvalue weighted by molar-refractivity contribution is 7.89. The molecule has 0 heterocycles. The van der Waals surface area contributed by atoms with Crippen LogP contribution in [0.1, 0.15) is 24.4 Å². The predicted octanol–water partition coefficient (Wildman–Crippen LogP) is 2.07. The number of hydrogen-bond donors (Lipinski definition) is 2. The van der Waals surface area contributed by atoms with Crippen molar-refractivity contribution in [3.63, 3.8) is 0 Å². The van der Waals surface area contributed by atoms with Crippen LogP contribution in [0.3, 0.4) is 0 Å². The molecular weight excluding hydrogens is 311 g/mol. The summed E-state index contributed by atoms with van der Waals surface area (Å²) in [6.07, 6.45) is -6.31. The van der Waals surface area contributed by atoms with Gasteiger partial charge in [0, 0.05) is 6.42 Å². The van der Waals surface area contributed by atoms with Gasteiger partial charge in [-0.1, -0.05) is 30.3 Å². The summed E-state index contributed by atoms with van der Waals surface area (Å²) < 4.78 is 61.2. The molecule has 0 radical (unpaired) electrons. The van der Waals surface area contributed by atoms with Crippen LogP contribution in [0.4, 0.5) is 13.2 Å². The number of halogens is 3. The Morgan fingerprint density at radius 3 is 2.29 bits per heavy atom. The van der Waals surface area contributed by atoms with Crippen molar-refractivity contribution < 1.29 is 31.5 Å². The van der Waals surface area contributed by atoms with Crippen molar-refractivity contribution in [2.75, 3.05) is 5.75 Å². The molecule has 9 heteroatoms. The first-order valence-corrected chi connectivity index (χ1v) is 7.60. The van der Waals surface area contributed by atoms with Crippen molar-refractivity contribution in [3.8, 4) is 0 Å². The van der Waals surface area contributed by atoms with Crippen LogP contribution < -0.4 is 4.72 Å². The van der Waals surface area contributed by atoms with Crippen molar-refractivity contribution in [2.45, 2.75) is 25.1 Å². The van der Waals surface area contributed by atoms with Gasteiger partial charge in [-0.25, -0.2) is 8.42 Å². The maximum absolute atomic E-state index is 12.0. The number of hydrogen-bond acceptors (Lipinski definition) is 3. The zero-order chi connectivity index (χ0) is 16.1. The first-order valence-electron chi connectivity index (χ1n) is 5.95. The van der Waals surface area contributed by atoms with Crippen LogP contribution >= 0.6 is 0 Å². The van der Waals surface area contributed by atoms with Gasteiger partial charge in [-0.05, 0) is 12.0 Å². The van der Waals surface area contributed by atoms with Gasteiger partial charge in [-0.15, -0.1) is 0 Å². The van der Waals surface area contributed by atoms with Crippen molar-refractivity contribution in [1.29, 1.82) is 0 Å². The monoisotopic (exact) mass is 325 g/mol. The fourth-order valence-electron chi connectivity index (χ4n) is 1.61. The second-order valence-corrected chi connectivity index (χ2v) is 6.21. The highest BCUT2D eigenvalue weighted by atomic mass is 32.2. The number of benzene rings is 1. The molecule has 0 saturated carbocycles. The van der Waals surface area contributed by atoms with E-state index in [4.69, 9.17) is 5.11 Å². The lowest BCUT2D eigenvalue weighted by molar-refractivity contribution is -0.139. The molecule has 1 unspecified atom stereocenters. The fraction of sp³-hybridized carbons (Fsp3) is 0.417. The molecule has 0 aliphatic rings. The predicted molar refractivity (Wildman–Crippen MR) is 69.0 cm³/mol. The summed E-state index contributed by atoms with van der Waals surface area (Å²) in [6, 6.07) is 5.99. The molecule has 0 fully saturated rings. The van der Waals surface area contributed by atoms with Gasteiger partial charge in [0.1, 0.15) is 6.04 Å². The Kier molecular flexibility index (Phi) is 5.73. The molecular formula is C12H14F3NO4S. The fourth-order valence-corrected chi connectivity index (χ4v) is 2.85. The minimum absolute atomic E-state index is 0.199. The van der Waals surface area contributed by atoms with Crippen LogP contribution in [0.5, 0.6) is 0 Å². The van der Waals surface area contributed by atoms with Crippen molar-refractivity contribution in [1.82, 2.24) is 4.72 Å².